The molecule has 1 saturated heterocycles. The topological polar surface area (TPSA) is 60.8 Å². The van der Waals surface area contributed by atoms with E-state index in [1.807, 2.05) is 0 Å². The van der Waals surface area contributed by atoms with Crippen LogP contribution in [0, 0.1) is 17.8 Å². The first-order valence-corrected chi connectivity index (χ1v) is 8.78. The molecule has 23 heavy (non-hydrogen) atoms. The molecule has 0 amide bonds. The summed E-state index contributed by atoms with van der Waals surface area (Å²) >= 11 is 0. The smallest absolute Gasteiger partial charge is 0.176 e. The molecule has 0 radical (unpaired) electrons. The third kappa shape index (κ3) is 3.29. The zero-order chi connectivity index (χ0) is 16.0. The number of Topliss-reactive ketones (excluding diaryl/α,β-unsaturated/α-hetero) is 1. The number of phenols is 1. The Morgan fingerprint density at radius 3 is 2.30 bits per heavy atom. The Morgan fingerprint density at radius 2 is 1.74 bits per heavy atom. The fraction of sp³-hybridized carbons (Fsp3) is 0.632. The number of phenolic OH excluding ortho intramolecular Hbond substituents is 1. The molecule has 1 aromatic carbocycles. The number of carbonyl (C=O) groups excluding carboxylic acids is 1. The van der Waals surface area contributed by atoms with Crippen molar-refractivity contribution in [2.45, 2.75) is 37.7 Å². The van der Waals surface area contributed by atoms with Crippen molar-refractivity contribution in [3.63, 3.8) is 0 Å². The third-order valence-corrected chi connectivity index (χ3v) is 5.86. The summed E-state index contributed by atoms with van der Waals surface area (Å²) in [6.45, 7) is 2.31. The highest BCUT2D eigenvalue weighted by atomic mass is 16.3. The van der Waals surface area contributed by atoms with E-state index in [0.717, 1.165) is 38.3 Å². The second-order valence-electron chi connectivity index (χ2n) is 7.96. The van der Waals surface area contributed by atoms with Gasteiger partial charge in [-0.25, -0.2) is 0 Å². The van der Waals surface area contributed by atoms with E-state index in [0.29, 0.717) is 23.9 Å². The molecular formula is C19H25NO3. The highest BCUT2D eigenvalue weighted by Gasteiger charge is 2.49. The van der Waals surface area contributed by atoms with Gasteiger partial charge in [0.2, 0.25) is 0 Å². The van der Waals surface area contributed by atoms with E-state index in [1.54, 1.807) is 24.3 Å². The molecule has 3 fully saturated rings. The minimum absolute atomic E-state index is 0.109. The number of benzene rings is 1. The molecule has 3 aliphatic rings. The summed E-state index contributed by atoms with van der Waals surface area (Å²) < 4.78 is 0. The summed E-state index contributed by atoms with van der Waals surface area (Å²) in [7, 11) is 0. The molecular weight excluding hydrogens is 290 g/mol. The van der Waals surface area contributed by atoms with Crippen molar-refractivity contribution >= 4 is 5.78 Å². The van der Waals surface area contributed by atoms with Crippen molar-refractivity contribution in [2.24, 2.45) is 17.8 Å². The van der Waals surface area contributed by atoms with Crippen LogP contribution < -0.4 is 0 Å². The Kier molecular flexibility index (Phi) is 3.69. The van der Waals surface area contributed by atoms with E-state index in [1.165, 1.54) is 12.8 Å². The van der Waals surface area contributed by atoms with Gasteiger partial charge in [0.15, 0.2) is 5.78 Å². The third-order valence-electron chi connectivity index (χ3n) is 5.86. The van der Waals surface area contributed by atoms with E-state index >= 15 is 0 Å². The van der Waals surface area contributed by atoms with E-state index in [9.17, 15) is 15.0 Å². The molecule has 4 heteroatoms. The van der Waals surface area contributed by atoms with Crippen LogP contribution in [0.3, 0.4) is 0 Å². The molecule has 0 bridgehead atoms. The van der Waals surface area contributed by atoms with Crippen LogP contribution in [0.25, 0.3) is 0 Å². The lowest BCUT2D eigenvalue weighted by Gasteiger charge is -2.25. The van der Waals surface area contributed by atoms with Crippen molar-refractivity contribution in [2.75, 3.05) is 19.6 Å². The van der Waals surface area contributed by atoms with Crippen LogP contribution in [0.15, 0.2) is 24.3 Å². The lowest BCUT2D eigenvalue weighted by atomic mass is 9.93. The first-order valence-electron chi connectivity index (χ1n) is 8.78. The van der Waals surface area contributed by atoms with Gasteiger partial charge in [-0.1, -0.05) is 12.8 Å². The van der Waals surface area contributed by atoms with Crippen LogP contribution in [0.4, 0.5) is 0 Å². The number of fused-ring (bicyclic) bond motifs is 1. The van der Waals surface area contributed by atoms with Gasteiger partial charge >= 0.3 is 0 Å². The van der Waals surface area contributed by atoms with Crippen LogP contribution >= 0.6 is 0 Å². The standard InChI is InChI=1S/C19H25NO3/c21-17-5-3-14(4-6-17)18(22)12-20-10-15-8-19(23,7-13-1-2-13)9-16(15)11-20/h3-6,13,15-16,21,23H,1-2,7-12H2/t15-,16+,19?. The predicted octanol–water partition coefficient (Wildman–Crippen LogP) is 2.45. The van der Waals surface area contributed by atoms with E-state index < -0.39 is 5.60 Å². The summed E-state index contributed by atoms with van der Waals surface area (Å²) in [5.41, 5.74) is 0.230. The van der Waals surface area contributed by atoms with Gasteiger partial charge in [0.05, 0.1) is 12.1 Å². The fourth-order valence-electron chi connectivity index (χ4n) is 4.65. The molecule has 0 spiro atoms. The first-order chi connectivity index (χ1) is 11.0. The Bertz CT molecular complexity index is 579. The molecule has 3 atom stereocenters. The van der Waals surface area contributed by atoms with Crippen molar-refractivity contribution in [3.8, 4) is 5.75 Å². The van der Waals surface area contributed by atoms with Crippen LogP contribution in [0.5, 0.6) is 5.75 Å². The molecule has 2 aliphatic carbocycles. The van der Waals surface area contributed by atoms with Crippen LogP contribution in [-0.2, 0) is 0 Å². The maximum Gasteiger partial charge on any atom is 0.176 e. The molecule has 1 heterocycles. The number of likely N-dealkylation sites (tertiary alicyclic amines) is 1. The Morgan fingerprint density at radius 1 is 1.13 bits per heavy atom. The van der Waals surface area contributed by atoms with Crippen molar-refractivity contribution in [3.05, 3.63) is 29.8 Å². The highest BCUT2D eigenvalue weighted by molar-refractivity contribution is 5.97. The molecule has 4 rings (SSSR count). The quantitative estimate of drug-likeness (QED) is 0.819. The largest absolute Gasteiger partial charge is 0.508 e. The van der Waals surface area contributed by atoms with Gasteiger partial charge < -0.3 is 10.2 Å². The number of ketones is 1. The van der Waals surface area contributed by atoms with Gasteiger partial charge in [0, 0.05) is 18.7 Å². The number of carbonyl (C=O) groups is 1. The van der Waals surface area contributed by atoms with Gasteiger partial charge in [-0.05, 0) is 61.3 Å². The van der Waals surface area contributed by atoms with Crippen LogP contribution in [0.1, 0.15) is 42.5 Å². The Balaban J connectivity index is 1.32. The maximum atomic E-state index is 12.3. The number of hydrogen-bond donors (Lipinski definition) is 2. The Labute approximate surface area is 137 Å². The average Bonchev–Trinajstić information content (AvgIpc) is 3.14. The summed E-state index contributed by atoms with van der Waals surface area (Å²) in [5.74, 6) is 2.16. The molecule has 1 aliphatic heterocycles. The minimum Gasteiger partial charge on any atom is -0.508 e. The predicted molar refractivity (Wildman–Crippen MR) is 87.4 cm³/mol. The van der Waals surface area contributed by atoms with Gasteiger partial charge in [-0.2, -0.15) is 0 Å². The first kappa shape index (κ1) is 15.2. The maximum absolute atomic E-state index is 12.3. The van der Waals surface area contributed by atoms with E-state index in [-0.39, 0.29) is 11.5 Å². The molecule has 2 saturated carbocycles. The molecule has 124 valence electrons. The normalized spacial score (nSPS) is 33.8. The minimum atomic E-state index is -0.427. The van der Waals surface area contributed by atoms with Crippen molar-refractivity contribution < 1.29 is 15.0 Å². The summed E-state index contributed by atoms with van der Waals surface area (Å²) in [6, 6.07) is 6.49. The second kappa shape index (κ2) is 5.60. The zero-order valence-electron chi connectivity index (χ0n) is 13.4. The number of nitrogens with zero attached hydrogens (tertiary/aromatic N) is 1. The SMILES string of the molecule is O=C(CN1C[C@@H]2CC(O)(CC3CC3)C[C@@H]2C1)c1ccc(O)cc1. The van der Waals surface area contributed by atoms with E-state index in [4.69, 9.17) is 0 Å². The lowest BCUT2D eigenvalue weighted by Crippen LogP contribution is -2.33. The van der Waals surface area contributed by atoms with Crippen LogP contribution in [-0.4, -0.2) is 46.1 Å². The molecule has 2 N–H and O–H groups in total. The van der Waals surface area contributed by atoms with Gasteiger partial charge in [0.25, 0.3) is 0 Å². The number of aromatic hydroxyl groups is 1. The van der Waals surface area contributed by atoms with Gasteiger partial charge in [0.1, 0.15) is 5.75 Å². The lowest BCUT2D eigenvalue weighted by molar-refractivity contribution is 0.0215. The molecule has 4 nitrogen and oxygen atoms in total. The number of aliphatic hydroxyl groups is 1. The fourth-order valence-corrected chi connectivity index (χ4v) is 4.65. The molecule has 0 aromatic heterocycles. The average molecular weight is 315 g/mol. The van der Waals surface area contributed by atoms with Gasteiger partial charge in [-0.15, -0.1) is 0 Å². The molecule has 1 unspecified atom stereocenters. The van der Waals surface area contributed by atoms with Crippen molar-refractivity contribution in [1.82, 2.24) is 4.90 Å². The monoisotopic (exact) mass is 315 g/mol. The highest BCUT2D eigenvalue weighted by Crippen LogP contribution is 2.49. The zero-order valence-corrected chi connectivity index (χ0v) is 13.4. The second-order valence-corrected chi connectivity index (χ2v) is 7.96. The molecule has 1 aromatic rings. The summed E-state index contributed by atoms with van der Waals surface area (Å²) in [6.07, 6.45) is 5.42. The van der Waals surface area contributed by atoms with Gasteiger partial charge in [-0.3, -0.25) is 9.69 Å². The summed E-state index contributed by atoms with van der Waals surface area (Å²) in [4.78, 5) is 14.6. The number of hydrogen-bond acceptors (Lipinski definition) is 4. The van der Waals surface area contributed by atoms with Crippen LogP contribution in [0.2, 0.25) is 0 Å². The summed E-state index contributed by atoms with van der Waals surface area (Å²) in [5, 5.41) is 20.1. The number of rotatable bonds is 5. The van der Waals surface area contributed by atoms with Crippen molar-refractivity contribution in [1.29, 1.82) is 0 Å². The van der Waals surface area contributed by atoms with E-state index in [2.05, 4.69) is 4.90 Å². The Hall–Kier alpha value is -1.39.